The Kier molecular flexibility index (Phi) is 9.56. The molecule has 120 valence electrons. The van der Waals surface area contributed by atoms with Gasteiger partial charge in [-0.2, -0.15) is 0 Å². The van der Waals surface area contributed by atoms with E-state index in [1.165, 1.54) is 7.11 Å². The van der Waals surface area contributed by atoms with E-state index in [0.717, 1.165) is 0 Å². The summed E-state index contributed by atoms with van der Waals surface area (Å²) in [6.07, 6.45) is 0. The van der Waals surface area contributed by atoms with Gasteiger partial charge in [0.2, 0.25) is 0 Å². The Labute approximate surface area is 142 Å². The second kappa shape index (κ2) is 9.97. The molecule has 0 atom stereocenters. The summed E-state index contributed by atoms with van der Waals surface area (Å²) in [7, 11) is 1.52. The van der Waals surface area contributed by atoms with Crippen LogP contribution in [-0.2, 0) is 0 Å². The van der Waals surface area contributed by atoms with Gasteiger partial charge < -0.3 is 10.1 Å². The monoisotopic (exact) mass is 425 g/mol. The Balaban J connectivity index is 0.000000486. The van der Waals surface area contributed by atoms with Gasteiger partial charge in [0, 0.05) is 12.1 Å². The molecule has 1 aromatic rings. The van der Waals surface area contributed by atoms with Crippen molar-refractivity contribution >= 4 is 37.5 Å². The van der Waals surface area contributed by atoms with Crippen LogP contribution < -0.4 is 15.5 Å². The highest BCUT2D eigenvalue weighted by atomic mass is 79.9. The molecule has 0 saturated carbocycles. The van der Waals surface area contributed by atoms with Crippen LogP contribution in [0.2, 0.25) is 0 Å². The number of methoxy groups -OCH3 is 1. The number of rotatable bonds is 5. The van der Waals surface area contributed by atoms with E-state index in [4.69, 9.17) is 4.74 Å². The summed E-state index contributed by atoms with van der Waals surface area (Å²) < 4.78 is 6.09. The summed E-state index contributed by atoms with van der Waals surface area (Å²) in [6.45, 7) is 8.61. The fraction of sp³-hybridized carbons (Fsp3) is 0.538. The van der Waals surface area contributed by atoms with Gasteiger partial charge in [0.25, 0.3) is 0 Å². The first-order valence-corrected chi connectivity index (χ1v) is 7.96. The van der Waals surface area contributed by atoms with Gasteiger partial charge >= 0.3 is 0 Å². The van der Waals surface area contributed by atoms with Crippen LogP contribution in [0, 0.1) is 10.1 Å². The molecule has 0 amide bonds. The summed E-state index contributed by atoms with van der Waals surface area (Å²) in [5, 5.41) is 12.9. The van der Waals surface area contributed by atoms with Crippen molar-refractivity contribution in [3.63, 3.8) is 0 Å². The molecule has 0 heterocycles. The number of nitrogens with one attached hydrogen (secondary N) is 2. The molecule has 0 aliphatic heterocycles. The number of hydrazine groups is 1. The minimum atomic E-state index is -0.628. The van der Waals surface area contributed by atoms with Crippen molar-refractivity contribution in [1.82, 2.24) is 5.32 Å². The number of benzene rings is 1. The van der Waals surface area contributed by atoms with Crippen LogP contribution in [0.4, 0.5) is 5.69 Å². The number of nitrogens with zero attached hydrogens (tertiary/aromatic N) is 1. The third-order valence-corrected chi connectivity index (χ3v) is 3.37. The van der Waals surface area contributed by atoms with Crippen molar-refractivity contribution in [2.45, 2.75) is 39.8 Å². The zero-order chi connectivity index (χ0) is 16.6. The number of hydrogen-bond acceptors (Lipinski definition) is 4. The SMILES string of the molecule is CC(C)NC(C)C.COc1cc(Br)c(N[N+](=O)[O-])c(Br)c1. The van der Waals surface area contributed by atoms with Crippen molar-refractivity contribution in [3.05, 3.63) is 31.2 Å². The highest BCUT2D eigenvalue weighted by Gasteiger charge is 2.11. The van der Waals surface area contributed by atoms with Gasteiger partial charge in [-0.05, 0) is 44.0 Å². The summed E-state index contributed by atoms with van der Waals surface area (Å²) in [5.74, 6) is 0.609. The van der Waals surface area contributed by atoms with E-state index in [2.05, 4.69) is 70.3 Å². The first-order chi connectivity index (χ1) is 9.67. The van der Waals surface area contributed by atoms with E-state index in [1.807, 2.05) is 0 Å². The zero-order valence-electron chi connectivity index (χ0n) is 12.7. The van der Waals surface area contributed by atoms with Gasteiger partial charge in [-0.15, -0.1) is 5.43 Å². The summed E-state index contributed by atoms with van der Waals surface area (Å²) >= 11 is 6.38. The smallest absolute Gasteiger partial charge is 0.162 e. The van der Waals surface area contributed by atoms with E-state index in [0.29, 0.717) is 32.5 Å². The van der Waals surface area contributed by atoms with Gasteiger partial charge in [0.15, 0.2) is 5.03 Å². The van der Waals surface area contributed by atoms with Crippen molar-refractivity contribution in [1.29, 1.82) is 0 Å². The summed E-state index contributed by atoms with van der Waals surface area (Å²) in [4.78, 5) is 10.2. The molecule has 1 aromatic carbocycles. The maximum Gasteiger partial charge on any atom is 0.162 e. The van der Waals surface area contributed by atoms with Crippen LogP contribution in [0.15, 0.2) is 21.1 Å². The van der Waals surface area contributed by atoms with Crippen molar-refractivity contribution in [2.75, 3.05) is 12.5 Å². The first kappa shape index (κ1) is 20.1. The predicted molar refractivity (Wildman–Crippen MR) is 92.4 cm³/mol. The van der Waals surface area contributed by atoms with Crippen LogP contribution in [0.5, 0.6) is 5.75 Å². The van der Waals surface area contributed by atoms with Gasteiger partial charge in [0.05, 0.1) is 16.1 Å². The molecule has 0 unspecified atom stereocenters. The molecule has 0 fully saturated rings. The Morgan fingerprint density at radius 2 is 1.57 bits per heavy atom. The standard InChI is InChI=1S/C7H6Br2N2O3.C6H15N/c1-14-4-2-5(8)7(6(9)3-4)10-11(12)13;1-5(2)7-6(3)4/h2-3,10H,1H3;5-7H,1-4H3. The fourth-order valence-corrected chi connectivity index (χ4v) is 2.85. The zero-order valence-corrected chi connectivity index (χ0v) is 15.9. The molecule has 0 radical (unpaired) electrons. The van der Waals surface area contributed by atoms with Crippen molar-refractivity contribution < 1.29 is 9.77 Å². The van der Waals surface area contributed by atoms with Gasteiger partial charge in [-0.1, -0.05) is 27.7 Å². The molecule has 0 aromatic heterocycles. The van der Waals surface area contributed by atoms with Crippen molar-refractivity contribution in [3.8, 4) is 5.75 Å². The van der Waals surface area contributed by atoms with Crippen LogP contribution in [0.25, 0.3) is 0 Å². The average Bonchev–Trinajstić information content (AvgIpc) is 2.32. The van der Waals surface area contributed by atoms with Crippen LogP contribution in [0.1, 0.15) is 27.7 Å². The minimum absolute atomic E-state index is 0.357. The molecule has 0 saturated heterocycles. The fourth-order valence-electron chi connectivity index (χ4n) is 1.53. The van der Waals surface area contributed by atoms with Crippen LogP contribution in [0.3, 0.4) is 0 Å². The number of ether oxygens (including phenoxy) is 1. The average molecular weight is 427 g/mol. The summed E-state index contributed by atoms with van der Waals surface area (Å²) in [6, 6.07) is 4.52. The van der Waals surface area contributed by atoms with Crippen LogP contribution in [-0.4, -0.2) is 24.2 Å². The number of hydrogen-bond donors (Lipinski definition) is 2. The molecule has 0 spiro atoms. The maximum absolute atomic E-state index is 10.2. The molecule has 0 bridgehead atoms. The first-order valence-electron chi connectivity index (χ1n) is 6.37. The molecule has 0 aliphatic carbocycles. The van der Waals surface area contributed by atoms with Gasteiger partial charge in [-0.25, -0.2) is 10.1 Å². The number of halogens is 2. The highest BCUT2D eigenvalue weighted by Crippen LogP contribution is 2.35. The minimum Gasteiger partial charge on any atom is -0.497 e. The Morgan fingerprint density at radius 3 is 1.81 bits per heavy atom. The molecular weight excluding hydrogens is 406 g/mol. The number of nitro groups is 1. The van der Waals surface area contributed by atoms with E-state index in [-0.39, 0.29) is 0 Å². The molecular formula is C13H21Br2N3O3. The van der Waals surface area contributed by atoms with E-state index >= 15 is 0 Å². The second-order valence-corrected chi connectivity index (χ2v) is 6.52. The number of anilines is 1. The Bertz CT molecular complexity index is 439. The molecule has 6 nitrogen and oxygen atoms in total. The predicted octanol–water partition coefficient (Wildman–Crippen LogP) is 4.22. The highest BCUT2D eigenvalue weighted by molar-refractivity contribution is 9.11. The quantitative estimate of drug-likeness (QED) is 0.544. The van der Waals surface area contributed by atoms with E-state index in [1.54, 1.807) is 12.1 Å². The molecule has 2 N–H and O–H groups in total. The lowest BCUT2D eigenvalue weighted by Gasteiger charge is -2.10. The molecule has 0 aliphatic rings. The normalized spacial score (nSPS) is 10.1. The summed E-state index contributed by atoms with van der Waals surface area (Å²) in [5.41, 5.74) is 2.42. The van der Waals surface area contributed by atoms with Gasteiger partial charge in [-0.3, -0.25) is 0 Å². The lowest BCUT2D eigenvalue weighted by Crippen LogP contribution is -2.29. The van der Waals surface area contributed by atoms with Crippen molar-refractivity contribution in [2.24, 2.45) is 0 Å². The topological polar surface area (TPSA) is 76.4 Å². The van der Waals surface area contributed by atoms with E-state index in [9.17, 15) is 10.1 Å². The largest absolute Gasteiger partial charge is 0.497 e. The van der Waals surface area contributed by atoms with Gasteiger partial charge in [0.1, 0.15) is 11.4 Å². The molecule has 21 heavy (non-hydrogen) atoms. The molecule has 8 heteroatoms. The second-order valence-electron chi connectivity index (χ2n) is 4.81. The third-order valence-electron chi connectivity index (χ3n) is 2.12. The lowest BCUT2D eigenvalue weighted by molar-refractivity contribution is -0.445. The van der Waals surface area contributed by atoms with Crippen LogP contribution >= 0.6 is 31.9 Å². The maximum atomic E-state index is 10.2. The van der Waals surface area contributed by atoms with E-state index < -0.39 is 5.03 Å². The molecule has 1 rings (SSSR count). The third kappa shape index (κ3) is 8.90. The Morgan fingerprint density at radius 1 is 1.14 bits per heavy atom. The lowest BCUT2D eigenvalue weighted by atomic mass is 10.3. The Hall–Kier alpha value is -0.860.